The van der Waals surface area contributed by atoms with Gasteiger partial charge in [-0.15, -0.1) is 0 Å². The summed E-state index contributed by atoms with van der Waals surface area (Å²) in [7, 11) is 0. The van der Waals surface area contributed by atoms with E-state index >= 15 is 0 Å². The summed E-state index contributed by atoms with van der Waals surface area (Å²) in [6, 6.07) is 0.812. The van der Waals surface area contributed by atoms with Crippen molar-refractivity contribution in [3.8, 4) is 0 Å². The lowest BCUT2D eigenvalue weighted by molar-refractivity contribution is -0.967. The first kappa shape index (κ1) is 11.0. The van der Waals surface area contributed by atoms with Gasteiger partial charge in [0, 0.05) is 23.7 Å². The maximum atomic E-state index is 9.91. The predicted octanol–water partition coefficient (Wildman–Crippen LogP) is 2.17. The van der Waals surface area contributed by atoms with Crippen LogP contribution in [0.25, 0.3) is 0 Å². The smallest absolute Gasteiger partial charge is 0.108 e. The number of fused-ring (bicyclic) bond motifs is 2. The third kappa shape index (κ3) is 1.39. The first-order valence-corrected chi connectivity index (χ1v) is 6.89. The Bertz CT molecular complexity index is 311. The molecule has 0 radical (unpaired) electrons. The third-order valence-corrected chi connectivity index (χ3v) is 5.65. The van der Waals surface area contributed by atoms with Gasteiger partial charge >= 0.3 is 0 Å². The highest BCUT2D eigenvalue weighted by molar-refractivity contribution is 4.99. The van der Waals surface area contributed by atoms with Crippen LogP contribution in [0.5, 0.6) is 0 Å². The van der Waals surface area contributed by atoms with Gasteiger partial charge in [0.2, 0.25) is 0 Å². The molecule has 0 aromatic carbocycles. The Balaban J connectivity index is 1.97. The van der Waals surface area contributed by atoms with Crippen LogP contribution in [0.1, 0.15) is 46.5 Å². The van der Waals surface area contributed by atoms with Gasteiger partial charge in [-0.05, 0) is 12.8 Å². The average Bonchev–Trinajstić information content (AvgIpc) is 2.43. The molecular weight excluding hydrogens is 198 g/mol. The predicted molar refractivity (Wildman–Crippen MR) is 65.0 cm³/mol. The van der Waals surface area contributed by atoms with Crippen LogP contribution in [-0.2, 0) is 0 Å². The number of nitrogens with zero attached hydrogens (tertiary/aromatic N) is 1. The molecule has 4 unspecified atom stereocenters. The van der Waals surface area contributed by atoms with Crippen molar-refractivity contribution in [3.05, 3.63) is 0 Å². The Kier molecular flexibility index (Phi) is 2.09. The highest BCUT2D eigenvalue weighted by Crippen LogP contribution is 2.57. The molecule has 1 N–H and O–H groups in total. The fourth-order valence-corrected chi connectivity index (χ4v) is 5.64. The van der Waals surface area contributed by atoms with E-state index in [1.807, 2.05) is 0 Å². The lowest BCUT2D eigenvalue weighted by atomic mass is 9.56. The van der Waals surface area contributed by atoms with Crippen molar-refractivity contribution in [3.63, 3.8) is 0 Å². The first-order valence-electron chi connectivity index (χ1n) is 6.89. The molecule has 0 aromatic heterocycles. The molecule has 3 aliphatic heterocycles. The Labute approximate surface area is 99.2 Å². The van der Waals surface area contributed by atoms with E-state index in [0.29, 0.717) is 10.8 Å². The molecule has 4 fully saturated rings. The van der Waals surface area contributed by atoms with E-state index in [0.717, 1.165) is 19.0 Å². The molecule has 16 heavy (non-hydrogen) atoms. The summed E-state index contributed by atoms with van der Waals surface area (Å²) in [5, 5.41) is 9.91. The molecule has 92 valence electrons. The molecule has 4 atom stereocenters. The molecule has 0 amide bonds. The molecule has 1 saturated carbocycles. The van der Waals surface area contributed by atoms with Gasteiger partial charge in [0.25, 0.3) is 0 Å². The zero-order chi connectivity index (χ0) is 11.6. The van der Waals surface area contributed by atoms with Crippen LogP contribution in [0.3, 0.4) is 0 Å². The lowest BCUT2D eigenvalue weighted by Gasteiger charge is -2.62. The zero-order valence-corrected chi connectivity index (χ0v) is 11.0. The Morgan fingerprint density at radius 2 is 1.94 bits per heavy atom. The maximum Gasteiger partial charge on any atom is 0.108 e. The van der Waals surface area contributed by atoms with Crippen molar-refractivity contribution >= 4 is 0 Å². The van der Waals surface area contributed by atoms with Crippen LogP contribution in [0.4, 0.5) is 0 Å². The van der Waals surface area contributed by atoms with Gasteiger partial charge in [-0.2, -0.15) is 0 Å². The highest BCUT2D eigenvalue weighted by Gasteiger charge is 2.61. The van der Waals surface area contributed by atoms with E-state index in [1.165, 1.54) is 36.8 Å². The van der Waals surface area contributed by atoms with Crippen molar-refractivity contribution in [2.45, 2.75) is 58.6 Å². The van der Waals surface area contributed by atoms with Crippen LogP contribution < -0.4 is 0 Å². The number of aliphatic hydroxyl groups is 1. The summed E-state index contributed by atoms with van der Waals surface area (Å²) < 4.78 is 1.24. The minimum Gasteiger partial charge on any atom is -0.387 e. The number of quaternary nitrogens is 1. The Hall–Kier alpha value is -0.0800. The molecule has 2 heteroatoms. The minimum atomic E-state index is -0.0289. The van der Waals surface area contributed by atoms with E-state index in [-0.39, 0.29) is 6.10 Å². The van der Waals surface area contributed by atoms with Crippen molar-refractivity contribution in [2.75, 3.05) is 19.6 Å². The quantitative estimate of drug-likeness (QED) is 0.625. The zero-order valence-electron chi connectivity index (χ0n) is 11.0. The number of rotatable bonds is 0. The summed E-state index contributed by atoms with van der Waals surface area (Å²) in [6.45, 7) is 11.0. The van der Waals surface area contributed by atoms with Gasteiger partial charge in [-0.1, -0.05) is 20.8 Å². The van der Waals surface area contributed by atoms with Crippen molar-refractivity contribution in [1.29, 1.82) is 0 Å². The minimum absolute atomic E-state index is 0.0289. The van der Waals surface area contributed by atoms with Gasteiger partial charge in [0.15, 0.2) is 0 Å². The van der Waals surface area contributed by atoms with E-state index in [2.05, 4.69) is 20.8 Å². The largest absolute Gasteiger partial charge is 0.387 e. The van der Waals surface area contributed by atoms with E-state index in [4.69, 9.17) is 0 Å². The number of hydrogen-bond donors (Lipinski definition) is 1. The van der Waals surface area contributed by atoms with Gasteiger partial charge in [-0.3, -0.25) is 0 Å². The molecule has 3 heterocycles. The fourth-order valence-electron chi connectivity index (χ4n) is 5.64. The van der Waals surface area contributed by atoms with E-state index in [1.54, 1.807) is 0 Å². The molecule has 3 saturated heterocycles. The summed E-state index contributed by atoms with van der Waals surface area (Å²) in [4.78, 5) is 0. The van der Waals surface area contributed by atoms with Crippen LogP contribution in [0, 0.1) is 10.8 Å². The second kappa shape index (κ2) is 3.02. The standard InChI is InChI=1S/C14H26NO/c1-13(2)9-14(3)6-4-12(13)15(10-14)7-5-11(16)8-15/h11-12,16H,4-10H2,1-3H3/q+1. The van der Waals surface area contributed by atoms with Crippen molar-refractivity contribution in [1.82, 2.24) is 0 Å². The van der Waals surface area contributed by atoms with Gasteiger partial charge in [0.05, 0.1) is 19.1 Å². The second-order valence-corrected chi connectivity index (χ2v) is 7.76. The second-order valence-electron chi connectivity index (χ2n) is 7.76. The summed E-state index contributed by atoms with van der Waals surface area (Å²) in [5.41, 5.74) is 1.03. The molecular formula is C14H26NO+. The van der Waals surface area contributed by atoms with Crippen LogP contribution in [0.2, 0.25) is 0 Å². The average molecular weight is 224 g/mol. The highest BCUT2D eigenvalue weighted by atomic mass is 16.3. The van der Waals surface area contributed by atoms with E-state index in [9.17, 15) is 5.11 Å². The van der Waals surface area contributed by atoms with Gasteiger partial charge in [0.1, 0.15) is 12.6 Å². The molecule has 2 bridgehead atoms. The number of aliphatic hydroxyl groups excluding tert-OH is 1. The van der Waals surface area contributed by atoms with Gasteiger partial charge in [-0.25, -0.2) is 0 Å². The fraction of sp³-hybridized carbons (Fsp3) is 1.00. The third-order valence-electron chi connectivity index (χ3n) is 5.65. The normalized spacial score (nSPS) is 54.8. The van der Waals surface area contributed by atoms with E-state index < -0.39 is 0 Å². The van der Waals surface area contributed by atoms with Crippen LogP contribution in [0.15, 0.2) is 0 Å². The first-order chi connectivity index (χ1) is 7.35. The number of piperidine rings is 2. The summed E-state index contributed by atoms with van der Waals surface area (Å²) >= 11 is 0. The summed E-state index contributed by atoms with van der Waals surface area (Å²) in [5.74, 6) is 0. The molecule has 4 aliphatic rings. The molecule has 1 aliphatic carbocycles. The Morgan fingerprint density at radius 3 is 2.44 bits per heavy atom. The van der Waals surface area contributed by atoms with Crippen molar-refractivity contribution in [2.24, 2.45) is 10.8 Å². The molecule has 4 rings (SSSR count). The summed E-state index contributed by atoms with van der Waals surface area (Å²) in [6.07, 6.45) is 5.19. The SMILES string of the molecule is CC12CCC(C(C)(C)C1)[N+]1(CCC(O)C1)C2. The van der Waals surface area contributed by atoms with Crippen LogP contribution >= 0.6 is 0 Å². The maximum absolute atomic E-state index is 9.91. The number of hydrogen-bond acceptors (Lipinski definition) is 1. The molecule has 1 spiro atoms. The Morgan fingerprint density at radius 1 is 1.19 bits per heavy atom. The van der Waals surface area contributed by atoms with Crippen LogP contribution in [-0.4, -0.2) is 41.4 Å². The van der Waals surface area contributed by atoms with Crippen molar-refractivity contribution < 1.29 is 9.59 Å². The monoisotopic (exact) mass is 224 g/mol. The molecule has 2 nitrogen and oxygen atoms in total. The lowest BCUT2D eigenvalue weighted by Crippen LogP contribution is -2.70. The molecule has 0 aromatic rings. The van der Waals surface area contributed by atoms with Gasteiger partial charge < -0.3 is 9.59 Å². The topological polar surface area (TPSA) is 20.2 Å².